The Balaban J connectivity index is 1.39. The van der Waals surface area contributed by atoms with E-state index in [2.05, 4.69) is 26.1 Å². The summed E-state index contributed by atoms with van der Waals surface area (Å²) in [6, 6.07) is 0. The Morgan fingerprint density at radius 3 is 2.41 bits per heavy atom. The SMILES string of the molecule is CC(CCC(=O)NCCS(=O)(=O)O)[C@H]1CC[C@H]2[C@@H]3[C@@H](O)C[C@@H]4C[C@H](O)CC[C@]4(C)[C@H]3CC[C@]12C. The average molecular weight is 500 g/mol. The standard InChI is InChI=1S/C26H45NO6S/c1-16(4-7-23(30)27-12-13-34(31,32)33)19-5-6-20-24-21(9-11-26(19,20)3)25(2)10-8-18(28)14-17(25)15-22(24)29/h16-22,24,28-29H,4-15H2,1-3H3,(H,27,30)(H,31,32,33)/t16?,17-,18+,19+,20-,21-,22-,24-,25-,26+/m0/s1. The maximum atomic E-state index is 12.2. The molecule has 0 bridgehead atoms. The molecule has 4 saturated carbocycles. The van der Waals surface area contributed by atoms with Crippen LogP contribution in [0.4, 0.5) is 0 Å². The minimum Gasteiger partial charge on any atom is -0.393 e. The van der Waals surface area contributed by atoms with Crippen LogP contribution in [0.2, 0.25) is 0 Å². The quantitative estimate of drug-likeness (QED) is 0.398. The van der Waals surface area contributed by atoms with E-state index in [0.717, 1.165) is 51.4 Å². The van der Waals surface area contributed by atoms with Crippen molar-refractivity contribution < 1.29 is 28.0 Å². The molecule has 10 atom stereocenters. The molecule has 0 heterocycles. The number of carbonyl (C=O) groups is 1. The number of amides is 1. The molecule has 4 N–H and O–H groups in total. The van der Waals surface area contributed by atoms with Crippen molar-refractivity contribution in [3.05, 3.63) is 0 Å². The highest BCUT2D eigenvalue weighted by molar-refractivity contribution is 7.85. The first kappa shape index (κ1) is 26.4. The van der Waals surface area contributed by atoms with Gasteiger partial charge in [0, 0.05) is 13.0 Å². The number of hydrogen-bond donors (Lipinski definition) is 4. The van der Waals surface area contributed by atoms with Crippen LogP contribution in [0.3, 0.4) is 0 Å². The number of fused-ring (bicyclic) bond motifs is 5. The minimum atomic E-state index is -4.06. The van der Waals surface area contributed by atoms with E-state index in [-0.39, 0.29) is 35.5 Å². The number of hydrogen-bond acceptors (Lipinski definition) is 5. The number of nitrogens with one attached hydrogen (secondary N) is 1. The van der Waals surface area contributed by atoms with Crippen LogP contribution >= 0.6 is 0 Å². The van der Waals surface area contributed by atoms with Gasteiger partial charge >= 0.3 is 0 Å². The highest BCUT2D eigenvalue weighted by atomic mass is 32.2. The molecular formula is C26H45NO6S. The topological polar surface area (TPSA) is 124 Å². The second-order valence-corrected chi connectivity index (χ2v) is 14.2. The van der Waals surface area contributed by atoms with Gasteiger partial charge in [-0.1, -0.05) is 20.8 Å². The third kappa shape index (κ3) is 4.94. The number of rotatable bonds is 7. The molecule has 34 heavy (non-hydrogen) atoms. The largest absolute Gasteiger partial charge is 0.393 e. The zero-order chi connectivity index (χ0) is 24.9. The fraction of sp³-hybridized carbons (Fsp3) is 0.962. The monoisotopic (exact) mass is 499 g/mol. The van der Waals surface area contributed by atoms with Gasteiger partial charge < -0.3 is 15.5 Å². The van der Waals surface area contributed by atoms with Gasteiger partial charge in [-0.2, -0.15) is 8.42 Å². The molecule has 0 aromatic heterocycles. The smallest absolute Gasteiger partial charge is 0.266 e. The lowest BCUT2D eigenvalue weighted by atomic mass is 9.43. The summed E-state index contributed by atoms with van der Waals surface area (Å²) in [4.78, 5) is 12.2. The van der Waals surface area contributed by atoms with Crippen molar-refractivity contribution in [1.82, 2.24) is 5.32 Å². The summed E-state index contributed by atoms with van der Waals surface area (Å²) in [5.41, 5.74) is 0.411. The van der Waals surface area contributed by atoms with Crippen LogP contribution in [0, 0.1) is 46.3 Å². The van der Waals surface area contributed by atoms with Gasteiger partial charge in [-0.05, 0) is 104 Å². The first-order chi connectivity index (χ1) is 15.8. The van der Waals surface area contributed by atoms with E-state index in [1.807, 2.05) is 0 Å². The normalized spacial score (nSPS) is 45.1. The molecule has 0 aromatic rings. The van der Waals surface area contributed by atoms with Gasteiger partial charge in [0.1, 0.15) is 0 Å². The molecule has 4 aliphatic rings. The van der Waals surface area contributed by atoms with Crippen molar-refractivity contribution in [1.29, 1.82) is 0 Å². The zero-order valence-electron chi connectivity index (χ0n) is 21.1. The molecule has 0 spiro atoms. The summed E-state index contributed by atoms with van der Waals surface area (Å²) in [5.74, 6) is 2.10. The second kappa shape index (κ2) is 9.64. The predicted molar refractivity (Wildman–Crippen MR) is 130 cm³/mol. The highest BCUT2D eigenvalue weighted by Gasteiger charge is 2.62. The van der Waals surface area contributed by atoms with Gasteiger partial charge in [-0.25, -0.2) is 0 Å². The van der Waals surface area contributed by atoms with Crippen LogP contribution in [0.25, 0.3) is 0 Å². The molecule has 8 heteroatoms. The zero-order valence-corrected chi connectivity index (χ0v) is 21.9. The molecule has 4 fully saturated rings. The molecular weight excluding hydrogens is 454 g/mol. The molecule has 4 rings (SSSR count). The molecule has 0 aliphatic heterocycles. The molecule has 7 nitrogen and oxygen atoms in total. The van der Waals surface area contributed by atoms with Gasteiger partial charge in [0.15, 0.2) is 0 Å². The summed E-state index contributed by atoms with van der Waals surface area (Å²) in [7, 11) is -4.06. The third-order valence-corrected chi connectivity index (χ3v) is 11.6. The molecule has 0 saturated heterocycles. The van der Waals surface area contributed by atoms with Crippen molar-refractivity contribution >= 4 is 16.0 Å². The fourth-order valence-corrected chi connectivity index (χ4v) is 9.50. The molecule has 1 amide bonds. The summed E-state index contributed by atoms with van der Waals surface area (Å²) >= 11 is 0. The lowest BCUT2D eigenvalue weighted by Crippen LogP contribution is -2.58. The van der Waals surface area contributed by atoms with Crippen molar-refractivity contribution in [3.63, 3.8) is 0 Å². The molecule has 1 unspecified atom stereocenters. The van der Waals surface area contributed by atoms with E-state index in [1.165, 1.54) is 6.42 Å². The second-order valence-electron chi connectivity index (χ2n) is 12.6. The predicted octanol–water partition coefficient (Wildman–Crippen LogP) is 3.40. The average Bonchev–Trinajstić information content (AvgIpc) is 3.09. The summed E-state index contributed by atoms with van der Waals surface area (Å²) in [6.07, 6.45) is 8.87. The number of carbonyl (C=O) groups excluding carboxylic acids is 1. The van der Waals surface area contributed by atoms with Crippen molar-refractivity contribution in [2.24, 2.45) is 46.3 Å². The van der Waals surface area contributed by atoms with Gasteiger partial charge in [0.2, 0.25) is 5.91 Å². The Bertz CT molecular complexity index is 863. The maximum Gasteiger partial charge on any atom is 0.266 e. The van der Waals surface area contributed by atoms with Crippen molar-refractivity contribution in [2.45, 2.75) is 97.2 Å². The van der Waals surface area contributed by atoms with Crippen LogP contribution in [0.1, 0.15) is 85.0 Å². The van der Waals surface area contributed by atoms with Crippen molar-refractivity contribution in [2.75, 3.05) is 12.3 Å². The Kier molecular flexibility index (Phi) is 7.47. The lowest BCUT2D eigenvalue weighted by Gasteiger charge is -2.62. The Morgan fingerprint density at radius 2 is 1.71 bits per heavy atom. The van der Waals surface area contributed by atoms with Gasteiger partial charge in [0.05, 0.1) is 18.0 Å². The van der Waals surface area contributed by atoms with E-state index in [4.69, 9.17) is 4.55 Å². The van der Waals surface area contributed by atoms with E-state index >= 15 is 0 Å². The van der Waals surface area contributed by atoms with E-state index < -0.39 is 15.9 Å². The van der Waals surface area contributed by atoms with Gasteiger partial charge in [-0.3, -0.25) is 9.35 Å². The summed E-state index contributed by atoms with van der Waals surface area (Å²) < 4.78 is 30.5. The van der Waals surface area contributed by atoms with Crippen LogP contribution in [0.15, 0.2) is 0 Å². The van der Waals surface area contributed by atoms with Crippen LogP contribution in [-0.4, -0.2) is 53.6 Å². The molecule has 0 aromatic carbocycles. The minimum absolute atomic E-state index is 0.0625. The number of aliphatic hydroxyl groups excluding tert-OH is 2. The number of aliphatic hydroxyl groups is 2. The van der Waals surface area contributed by atoms with Crippen molar-refractivity contribution in [3.8, 4) is 0 Å². The summed E-state index contributed by atoms with van der Waals surface area (Å²) in [6.45, 7) is 7.05. The van der Waals surface area contributed by atoms with E-state index in [1.54, 1.807) is 0 Å². The van der Waals surface area contributed by atoms with Crippen LogP contribution in [0.5, 0.6) is 0 Å². The summed E-state index contributed by atoms with van der Waals surface area (Å²) in [5, 5.41) is 24.2. The molecule has 196 valence electrons. The van der Waals surface area contributed by atoms with Gasteiger partial charge in [-0.15, -0.1) is 0 Å². The molecule has 4 aliphatic carbocycles. The highest BCUT2D eigenvalue weighted by Crippen LogP contribution is 2.68. The Hall–Kier alpha value is -0.700. The first-order valence-corrected chi connectivity index (χ1v) is 15.0. The maximum absolute atomic E-state index is 12.2. The fourth-order valence-electron chi connectivity index (χ4n) is 9.14. The first-order valence-electron chi connectivity index (χ1n) is 13.4. The van der Waals surface area contributed by atoms with E-state index in [0.29, 0.717) is 41.9 Å². The Labute approximate surface area is 205 Å². The van der Waals surface area contributed by atoms with E-state index in [9.17, 15) is 23.4 Å². The third-order valence-electron chi connectivity index (χ3n) is 10.9. The molecule has 0 radical (unpaired) electrons. The Morgan fingerprint density at radius 1 is 1.03 bits per heavy atom. The van der Waals surface area contributed by atoms with Crippen LogP contribution in [-0.2, 0) is 14.9 Å². The lowest BCUT2D eigenvalue weighted by molar-refractivity contribution is -0.174. The van der Waals surface area contributed by atoms with Crippen LogP contribution < -0.4 is 5.32 Å². The van der Waals surface area contributed by atoms with Gasteiger partial charge in [0.25, 0.3) is 10.1 Å².